The zero-order valence-corrected chi connectivity index (χ0v) is 16.3. The van der Waals surface area contributed by atoms with Crippen molar-refractivity contribution in [1.29, 1.82) is 0 Å². The second kappa shape index (κ2) is 6.76. The standard InChI is InChI=1S/C20H27NO3S/c1-14(15-8-6-5-7-9-15)24-18(22)16-10-20(11-16)12-17(13-20)21-25(23)19(2,3)4/h5-9,14,16H,10-13H2,1-4H3. The Bertz CT molecular complexity index is 649. The molecule has 1 aromatic rings. The second-order valence-corrected chi connectivity index (χ2v) is 10.4. The first-order valence-corrected chi connectivity index (χ1v) is 10.0. The van der Waals surface area contributed by atoms with E-state index in [1.807, 2.05) is 58.0 Å². The van der Waals surface area contributed by atoms with Gasteiger partial charge in [0.15, 0.2) is 0 Å². The van der Waals surface area contributed by atoms with Crippen LogP contribution in [0.1, 0.15) is 65.0 Å². The summed E-state index contributed by atoms with van der Waals surface area (Å²) >= 11 is -1.18. The largest absolute Gasteiger partial charge is 0.591 e. The number of hydrogen-bond acceptors (Lipinski definition) is 4. The average Bonchev–Trinajstić information content (AvgIpc) is 2.47. The van der Waals surface area contributed by atoms with E-state index in [-0.39, 0.29) is 28.2 Å². The second-order valence-electron chi connectivity index (χ2n) is 8.47. The molecule has 0 radical (unpaired) electrons. The number of carbonyl (C=O) groups is 1. The van der Waals surface area contributed by atoms with Crippen molar-refractivity contribution in [3.8, 4) is 0 Å². The number of ether oxygens (including phenoxy) is 1. The Balaban J connectivity index is 1.46. The van der Waals surface area contributed by atoms with E-state index in [4.69, 9.17) is 4.74 Å². The van der Waals surface area contributed by atoms with Crippen molar-refractivity contribution in [2.24, 2.45) is 15.7 Å². The van der Waals surface area contributed by atoms with E-state index in [2.05, 4.69) is 4.40 Å². The zero-order valence-electron chi connectivity index (χ0n) is 15.5. The van der Waals surface area contributed by atoms with Crippen LogP contribution in [0.15, 0.2) is 34.7 Å². The maximum absolute atomic E-state index is 12.3. The maximum Gasteiger partial charge on any atom is 0.309 e. The summed E-state index contributed by atoms with van der Waals surface area (Å²) < 4.78 is 21.7. The van der Waals surface area contributed by atoms with Crippen molar-refractivity contribution in [3.63, 3.8) is 0 Å². The molecule has 2 atom stereocenters. The van der Waals surface area contributed by atoms with Gasteiger partial charge in [0.05, 0.1) is 11.6 Å². The smallest absolute Gasteiger partial charge is 0.309 e. The van der Waals surface area contributed by atoms with Gasteiger partial charge in [-0.3, -0.25) is 4.79 Å². The Hall–Kier alpha value is -1.33. The zero-order chi connectivity index (χ0) is 18.2. The molecule has 25 heavy (non-hydrogen) atoms. The molecule has 0 amide bonds. The molecule has 5 heteroatoms. The Morgan fingerprint density at radius 3 is 2.44 bits per heavy atom. The van der Waals surface area contributed by atoms with E-state index < -0.39 is 11.4 Å². The molecule has 2 unspecified atom stereocenters. The molecule has 2 saturated carbocycles. The summed E-state index contributed by atoms with van der Waals surface area (Å²) in [5, 5.41) is 0. The lowest BCUT2D eigenvalue weighted by atomic mass is 9.51. The van der Waals surface area contributed by atoms with E-state index in [9.17, 15) is 9.35 Å². The summed E-state index contributed by atoms with van der Waals surface area (Å²) in [4.78, 5) is 12.3. The van der Waals surface area contributed by atoms with Gasteiger partial charge in [0, 0.05) is 0 Å². The van der Waals surface area contributed by atoms with Crippen LogP contribution in [0.2, 0.25) is 0 Å². The average molecular weight is 362 g/mol. The quantitative estimate of drug-likeness (QED) is 0.590. The van der Waals surface area contributed by atoms with Crippen molar-refractivity contribution >= 4 is 23.0 Å². The van der Waals surface area contributed by atoms with Crippen molar-refractivity contribution in [1.82, 2.24) is 0 Å². The Kier molecular flexibility index (Phi) is 5.00. The minimum Gasteiger partial charge on any atom is -0.591 e. The predicted octanol–water partition coefficient (Wildman–Crippen LogP) is 4.38. The molecule has 1 spiro atoms. The van der Waals surface area contributed by atoms with Crippen molar-refractivity contribution in [2.75, 3.05) is 0 Å². The molecule has 0 aliphatic heterocycles. The minimum absolute atomic E-state index is 0.000765. The van der Waals surface area contributed by atoms with Crippen LogP contribution in [-0.4, -0.2) is 21.0 Å². The molecule has 4 nitrogen and oxygen atoms in total. The van der Waals surface area contributed by atoms with Gasteiger partial charge in [0.1, 0.15) is 22.2 Å². The predicted molar refractivity (Wildman–Crippen MR) is 101 cm³/mol. The van der Waals surface area contributed by atoms with Crippen LogP contribution in [0.5, 0.6) is 0 Å². The molecule has 0 aromatic heterocycles. The van der Waals surface area contributed by atoms with Crippen LogP contribution < -0.4 is 0 Å². The van der Waals surface area contributed by atoms with Crippen LogP contribution in [-0.2, 0) is 20.9 Å². The van der Waals surface area contributed by atoms with E-state index >= 15 is 0 Å². The van der Waals surface area contributed by atoms with Crippen LogP contribution in [0.25, 0.3) is 0 Å². The number of rotatable bonds is 4. The van der Waals surface area contributed by atoms with Crippen LogP contribution in [0.4, 0.5) is 0 Å². The van der Waals surface area contributed by atoms with Crippen molar-refractivity contribution in [2.45, 2.75) is 64.2 Å². The molecular weight excluding hydrogens is 334 g/mol. The van der Waals surface area contributed by atoms with Crippen LogP contribution >= 0.6 is 0 Å². The van der Waals surface area contributed by atoms with Crippen molar-refractivity contribution in [3.05, 3.63) is 35.9 Å². The summed E-state index contributed by atoms with van der Waals surface area (Å²) in [7, 11) is 0. The van der Waals surface area contributed by atoms with Gasteiger partial charge < -0.3 is 9.29 Å². The lowest BCUT2D eigenvalue weighted by Gasteiger charge is -2.53. The summed E-state index contributed by atoms with van der Waals surface area (Å²) in [6.45, 7) is 7.72. The van der Waals surface area contributed by atoms with Gasteiger partial charge in [-0.1, -0.05) is 34.7 Å². The highest BCUT2D eigenvalue weighted by atomic mass is 32.2. The van der Waals surface area contributed by atoms with Crippen LogP contribution in [0.3, 0.4) is 0 Å². The topological polar surface area (TPSA) is 61.7 Å². The normalized spacial score (nSPS) is 27.9. The highest BCUT2D eigenvalue weighted by molar-refractivity contribution is 7.91. The van der Waals surface area contributed by atoms with Gasteiger partial charge in [-0.25, -0.2) is 0 Å². The molecular formula is C20H27NO3S. The van der Waals surface area contributed by atoms with E-state index in [0.29, 0.717) is 0 Å². The first-order chi connectivity index (χ1) is 11.7. The van der Waals surface area contributed by atoms with Crippen LogP contribution in [0, 0.1) is 11.3 Å². The number of hydrogen-bond donors (Lipinski definition) is 0. The van der Waals surface area contributed by atoms with Gasteiger partial charge in [-0.15, -0.1) is 0 Å². The van der Waals surface area contributed by atoms with Gasteiger partial charge in [0.25, 0.3) is 0 Å². The SMILES string of the molecule is CC(OC(=O)C1CC2(CC(=N[S+]([O-])C(C)(C)C)C2)C1)c1ccccc1. The minimum atomic E-state index is -1.18. The number of carbonyl (C=O) groups excluding carboxylic acids is 1. The van der Waals surface area contributed by atoms with E-state index in [1.165, 1.54) is 0 Å². The molecule has 1 aromatic carbocycles. The molecule has 0 N–H and O–H groups in total. The molecule has 2 aliphatic rings. The molecule has 0 saturated heterocycles. The summed E-state index contributed by atoms with van der Waals surface area (Å²) in [6, 6.07) is 9.81. The third kappa shape index (κ3) is 4.09. The van der Waals surface area contributed by atoms with Gasteiger partial charge >= 0.3 is 5.97 Å². The summed E-state index contributed by atoms with van der Waals surface area (Å²) in [5.74, 6) is -0.0912. The number of nitrogens with zero attached hydrogens (tertiary/aromatic N) is 1. The lowest BCUT2D eigenvalue weighted by Crippen LogP contribution is -2.51. The maximum atomic E-state index is 12.3. The van der Waals surface area contributed by atoms with Gasteiger partial charge in [-0.05, 0) is 64.4 Å². The summed E-state index contributed by atoms with van der Waals surface area (Å²) in [5.41, 5.74) is 2.27. The molecule has 0 heterocycles. The summed E-state index contributed by atoms with van der Waals surface area (Å²) in [6.07, 6.45) is 3.29. The molecule has 2 aliphatic carbocycles. The van der Waals surface area contributed by atoms with E-state index in [0.717, 1.165) is 37.0 Å². The van der Waals surface area contributed by atoms with Gasteiger partial charge in [-0.2, -0.15) is 0 Å². The third-order valence-electron chi connectivity index (χ3n) is 5.15. The highest BCUT2D eigenvalue weighted by Gasteiger charge is 2.55. The third-order valence-corrected chi connectivity index (χ3v) is 6.62. The fourth-order valence-corrected chi connectivity index (χ4v) is 4.27. The molecule has 136 valence electrons. The first-order valence-electron chi connectivity index (χ1n) is 8.92. The number of benzene rings is 1. The Morgan fingerprint density at radius 1 is 1.28 bits per heavy atom. The Morgan fingerprint density at radius 2 is 1.88 bits per heavy atom. The van der Waals surface area contributed by atoms with Gasteiger partial charge in [0.2, 0.25) is 0 Å². The first kappa shape index (κ1) is 18.5. The molecule has 3 rings (SSSR count). The highest BCUT2D eigenvalue weighted by Crippen LogP contribution is 2.58. The monoisotopic (exact) mass is 361 g/mol. The van der Waals surface area contributed by atoms with E-state index in [1.54, 1.807) is 0 Å². The van der Waals surface area contributed by atoms with Crippen molar-refractivity contribution < 1.29 is 14.1 Å². The fraction of sp³-hybridized carbons (Fsp3) is 0.600. The Labute approximate surface area is 153 Å². The molecule has 0 bridgehead atoms. The number of esters is 1. The fourth-order valence-electron chi connectivity index (χ4n) is 3.64. The molecule has 2 fully saturated rings. The lowest BCUT2D eigenvalue weighted by molar-refractivity contribution is -0.162.